The van der Waals surface area contributed by atoms with E-state index in [1.807, 2.05) is 52.0 Å². The number of carboxylic acid groups (broad SMARTS) is 1. The number of rotatable bonds is 14. The number of thiol groups is 1. The number of carbonyl (C=O) groups is 4. The highest BCUT2D eigenvalue weighted by atomic mass is 32.1. The van der Waals surface area contributed by atoms with Crippen LogP contribution in [0, 0.1) is 11.8 Å². The van der Waals surface area contributed by atoms with Crippen molar-refractivity contribution in [3.63, 3.8) is 0 Å². The molecule has 0 aliphatic rings. The van der Waals surface area contributed by atoms with Gasteiger partial charge in [-0.15, -0.1) is 0 Å². The lowest BCUT2D eigenvalue weighted by molar-refractivity contribution is -0.142. The number of amides is 3. The molecule has 10 nitrogen and oxygen atoms in total. The molecule has 2 aromatic rings. The molecule has 0 radical (unpaired) electrons. The van der Waals surface area contributed by atoms with Crippen LogP contribution in [0.25, 0.3) is 10.9 Å². The summed E-state index contributed by atoms with van der Waals surface area (Å²) in [5.41, 5.74) is 7.44. The maximum Gasteiger partial charge on any atom is 0.326 e. The van der Waals surface area contributed by atoms with Crippen molar-refractivity contribution in [3.8, 4) is 0 Å². The Hall–Kier alpha value is -3.05. The van der Waals surface area contributed by atoms with E-state index in [0.29, 0.717) is 6.42 Å². The van der Waals surface area contributed by atoms with E-state index >= 15 is 0 Å². The summed E-state index contributed by atoms with van der Waals surface area (Å²) in [5.74, 6) is -2.94. The first-order chi connectivity index (χ1) is 17.5. The minimum absolute atomic E-state index is 0.0316. The maximum atomic E-state index is 13.4. The molecule has 0 spiro atoms. The molecule has 7 N–H and O–H groups in total. The molecule has 37 heavy (non-hydrogen) atoms. The number of aliphatic carboxylic acids is 1. The van der Waals surface area contributed by atoms with Gasteiger partial charge >= 0.3 is 5.97 Å². The molecular weight excluding hydrogens is 494 g/mol. The molecule has 0 saturated carbocycles. The van der Waals surface area contributed by atoms with Gasteiger partial charge in [-0.2, -0.15) is 12.6 Å². The van der Waals surface area contributed by atoms with Crippen LogP contribution in [0.3, 0.4) is 0 Å². The van der Waals surface area contributed by atoms with Crippen LogP contribution in [0.1, 0.15) is 46.1 Å². The maximum absolute atomic E-state index is 13.4. The number of hydrogen-bond acceptors (Lipinski definition) is 6. The van der Waals surface area contributed by atoms with E-state index in [1.165, 1.54) is 0 Å². The number of carbonyl (C=O) groups excluding carboxylic acids is 3. The predicted octanol–water partition coefficient (Wildman–Crippen LogP) is 1.60. The average Bonchev–Trinajstić information content (AvgIpc) is 3.27. The molecule has 0 saturated heterocycles. The van der Waals surface area contributed by atoms with Gasteiger partial charge in [0.1, 0.15) is 18.1 Å². The zero-order valence-corrected chi connectivity index (χ0v) is 22.7. The lowest BCUT2D eigenvalue weighted by Gasteiger charge is -2.28. The summed E-state index contributed by atoms with van der Waals surface area (Å²) >= 11 is 4.05. The first-order valence-electron chi connectivity index (χ1n) is 12.5. The Bertz CT molecular complexity index is 1090. The Kier molecular flexibility index (Phi) is 11.4. The molecule has 1 aromatic heterocycles. The first-order valence-corrected chi connectivity index (χ1v) is 13.2. The van der Waals surface area contributed by atoms with E-state index in [-0.39, 0.29) is 30.4 Å². The topological polar surface area (TPSA) is 166 Å². The number of H-pyrrole nitrogens is 1. The second-order valence-electron chi connectivity index (χ2n) is 9.81. The Labute approximate surface area is 222 Å². The molecule has 0 fully saturated rings. The summed E-state index contributed by atoms with van der Waals surface area (Å²) in [7, 11) is 0. The molecule has 1 heterocycles. The Morgan fingerprint density at radius 1 is 1.00 bits per heavy atom. The fourth-order valence-electron chi connectivity index (χ4n) is 4.00. The lowest BCUT2D eigenvalue weighted by Crippen LogP contribution is -2.59. The number of aromatic amines is 1. The second kappa shape index (κ2) is 14.0. The van der Waals surface area contributed by atoms with Gasteiger partial charge in [-0.25, -0.2) is 4.79 Å². The smallest absolute Gasteiger partial charge is 0.326 e. The van der Waals surface area contributed by atoms with E-state index in [9.17, 15) is 24.3 Å². The molecule has 11 heteroatoms. The van der Waals surface area contributed by atoms with E-state index in [4.69, 9.17) is 5.73 Å². The van der Waals surface area contributed by atoms with Crippen LogP contribution in [-0.2, 0) is 25.6 Å². The quantitative estimate of drug-likeness (QED) is 0.182. The van der Waals surface area contributed by atoms with E-state index in [0.717, 1.165) is 16.5 Å². The van der Waals surface area contributed by atoms with Gasteiger partial charge in [-0.05, 0) is 29.9 Å². The largest absolute Gasteiger partial charge is 0.480 e. The molecular formula is C26H39N5O5S. The summed E-state index contributed by atoms with van der Waals surface area (Å²) in [5, 5.41) is 18.5. The first kappa shape index (κ1) is 30.2. The fourth-order valence-corrected chi connectivity index (χ4v) is 4.17. The number of carboxylic acids is 1. The highest BCUT2D eigenvalue weighted by Crippen LogP contribution is 2.20. The van der Waals surface area contributed by atoms with E-state index in [2.05, 4.69) is 33.6 Å². The van der Waals surface area contributed by atoms with Crippen molar-refractivity contribution in [1.29, 1.82) is 0 Å². The van der Waals surface area contributed by atoms with Gasteiger partial charge in [-0.3, -0.25) is 14.4 Å². The minimum atomic E-state index is -1.15. The molecule has 1 aromatic carbocycles. The number of fused-ring (bicyclic) bond motifs is 1. The van der Waals surface area contributed by atoms with Gasteiger partial charge in [0, 0.05) is 29.3 Å². The third-order valence-electron chi connectivity index (χ3n) is 6.38. The van der Waals surface area contributed by atoms with Crippen molar-refractivity contribution in [2.45, 2.75) is 71.1 Å². The van der Waals surface area contributed by atoms with Gasteiger partial charge in [0.05, 0.1) is 6.04 Å². The van der Waals surface area contributed by atoms with Crippen molar-refractivity contribution in [3.05, 3.63) is 36.0 Å². The molecule has 0 bridgehead atoms. The Morgan fingerprint density at radius 3 is 2.24 bits per heavy atom. The van der Waals surface area contributed by atoms with Gasteiger partial charge < -0.3 is 31.8 Å². The van der Waals surface area contributed by atoms with Crippen molar-refractivity contribution in [2.75, 3.05) is 5.75 Å². The van der Waals surface area contributed by atoms with Crippen LogP contribution in [0.15, 0.2) is 30.5 Å². The number of hydrogen-bond donors (Lipinski definition) is 7. The van der Waals surface area contributed by atoms with Gasteiger partial charge in [-0.1, -0.05) is 52.3 Å². The average molecular weight is 534 g/mol. The van der Waals surface area contributed by atoms with Crippen molar-refractivity contribution in [1.82, 2.24) is 20.9 Å². The van der Waals surface area contributed by atoms with Gasteiger partial charge in [0.15, 0.2) is 0 Å². The molecule has 0 aliphatic heterocycles. The minimum Gasteiger partial charge on any atom is -0.480 e. The highest BCUT2D eigenvalue weighted by Gasteiger charge is 2.33. The molecule has 2 rings (SSSR count). The summed E-state index contributed by atoms with van der Waals surface area (Å²) in [6.45, 7) is 7.42. The van der Waals surface area contributed by atoms with Crippen molar-refractivity contribution in [2.24, 2.45) is 17.6 Å². The molecule has 3 amide bonds. The summed E-state index contributed by atoms with van der Waals surface area (Å²) in [4.78, 5) is 54.1. The SMILES string of the molecule is CCC(C)C(NC(=O)C(N)CS)C(=O)NC(Cc1c[nH]c2ccccc12)C(=O)NC(CC(C)C)C(=O)O. The summed E-state index contributed by atoms with van der Waals surface area (Å²) in [6.07, 6.45) is 2.71. The molecule has 5 unspecified atom stereocenters. The summed E-state index contributed by atoms with van der Waals surface area (Å²) < 4.78 is 0. The van der Waals surface area contributed by atoms with Crippen LogP contribution in [0.5, 0.6) is 0 Å². The molecule has 204 valence electrons. The van der Waals surface area contributed by atoms with Gasteiger partial charge in [0.2, 0.25) is 17.7 Å². The standard InChI is InChI=1S/C26H39N5O5S/c1-5-15(4)22(31-23(32)18(27)13-37)25(34)29-20(24(33)30-21(26(35)36)10-14(2)3)11-16-12-28-19-9-7-6-8-17(16)19/h6-9,12,14-15,18,20-22,28,37H,5,10-11,13,27H2,1-4H3,(H,29,34)(H,30,33)(H,31,32)(H,35,36). The van der Waals surface area contributed by atoms with Crippen LogP contribution in [-0.4, -0.2) is 63.7 Å². The fraction of sp³-hybridized carbons (Fsp3) is 0.538. The number of nitrogens with two attached hydrogens (primary N) is 1. The number of nitrogens with one attached hydrogen (secondary N) is 4. The number of aromatic nitrogens is 1. The monoisotopic (exact) mass is 533 g/mol. The van der Waals surface area contributed by atoms with Crippen LogP contribution >= 0.6 is 12.6 Å². The van der Waals surface area contributed by atoms with E-state index < -0.39 is 47.9 Å². The molecule has 0 aliphatic carbocycles. The van der Waals surface area contributed by atoms with Crippen molar-refractivity contribution >= 4 is 47.2 Å². The van der Waals surface area contributed by atoms with E-state index in [1.54, 1.807) is 6.20 Å². The highest BCUT2D eigenvalue weighted by molar-refractivity contribution is 7.80. The zero-order chi connectivity index (χ0) is 27.7. The van der Waals surface area contributed by atoms with Crippen molar-refractivity contribution < 1.29 is 24.3 Å². The van der Waals surface area contributed by atoms with Crippen LogP contribution in [0.4, 0.5) is 0 Å². The zero-order valence-electron chi connectivity index (χ0n) is 21.8. The number of benzene rings is 1. The molecule has 5 atom stereocenters. The normalized spacial score (nSPS) is 15.4. The summed E-state index contributed by atoms with van der Waals surface area (Å²) in [6, 6.07) is 3.54. The third kappa shape index (κ3) is 8.50. The van der Waals surface area contributed by atoms with Gasteiger partial charge in [0.25, 0.3) is 0 Å². The van der Waals surface area contributed by atoms with Crippen LogP contribution in [0.2, 0.25) is 0 Å². The predicted molar refractivity (Wildman–Crippen MR) is 146 cm³/mol. The number of para-hydroxylation sites is 1. The van der Waals surface area contributed by atoms with Crippen LogP contribution < -0.4 is 21.7 Å². The Morgan fingerprint density at radius 2 is 1.65 bits per heavy atom. The third-order valence-corrected chi connectivity index (χ3v) is 6.77. The lowest BCUT2D eigenvalue weighted by atomic mass is 9.96. The Balaban J connectivity index is 2.35. The second-order valence-corrected chi connectivity index (χ2v) is 10.2.